The van der Waals surface area contributed by atoms with Gasteiger partial charge in [0.25, 0.3) is 0 Å². The van der Waals surface area contributed by atoms with Crippen molar-refractivity contribution in [1.82, 2.24) is 0 Å². The Morgan fingerprint density at radius 3 is 2.91 bits per heavy atom. The second-order valence-electron chi connectivity index (χ2n) is 7.47. The summed E-state index contributed by atoms with van der Waals surface area (Å²) < 4.78 is 0. The molecular formula is C21H20O. The maximum atomic E-state index is 13.4. The standard InChI is InChI=1S/C21H20O/c1-13-3-2-4-15-10-16-7-8-21(12-14-5-6-17(21)9-14)20(22)19(16)11-18(13)15/h2-5,10-11,17H,6-9,12H2,1H3. The molecule has 0 heterocycles. The van der Waals surface area contributed by atoms with Crippen LogP contribution in [0.2, 0.25) is 0 Å². The summed E-state index contributed by atoms with van der Waals surface area (Å²) >= 11 is 0. The van der Waals surface area contributed by atoms with E-state index in [1.54, 1.807) is 5.57 Å². The van der Waals surface area contributed by atoms with Crippen LogP contribution in [0.5, 0.6) is 0 Å². The monoisotopic (exact) mass is 288 g/mol. The molecule has 1 spiro atoms. The second-order valence-corrected chi connectivity index (χ2v) is 7.47. The van der Waals surface area contributed by atoms with Gasteiger partial charge in [0, 0.05) is 11.0 Å². The van der Waals surface area contributed by atoms with Crippen LogP contribution in [0.4, 0.5) is 0 Å². The van der Waals surface area contributed by atoms with Gasteiger partial charge in [-0.25, -0.2) is 0 Å². The predicted molar refractivity (Wildman–Crippen MR) is 89.2 cm³/mol. The highest BCUT2D eigenvalue weighted by molar-refractivity contribution is 6.07. The average Bonchev–Trinajstić information content (AvgIpc) is 3.12. The molecule has 2 atom stereocenters. The molecule has 3 aliphatic carbocycles. The number of hydrogen-bond donors (Lipinski definition) is 0. The number of ketones is 1. The van der Waals surface area contributed by atoms with Crippen LogP contribution in [0.15, 0.2) is 42.0 Å². The van der Waals surface area contributed by atoms with E-state index < -0.39 is 0 Å². The first kappa shape index (κ1) is 12.6. The summed E-state index contributed by atoms with van der Waals surface area (Å²) in [4.78, 5) is 13.4. The van der Waals surface area contributed by atoms with Crippen LogP contribution in [0.25, 0.3) is 10.8 Å². The minimum atomic E-state index is -0.0621. The highest BCUT2D eigenvalue weighted by Gasteiger charge is 2.53. The molecule has 0 radical (unpaired) electrons. The van der Waals surface area contributed by atoms with Crippen molar-refractivity contribution in [3.63, 3.8) is 0 Å². The third-order valence-corrected chi connectivity index (χ3v) is 6.38. The van der Waals surface area contributed by atoms with Gasteiger partial charge in [-0.05, 0) is 72.9 Å². The Morgan fingerprint density at radius 2 is 2.14 bits per heavy atom. The van der Waals surface area contributed by atoms with Crippen molar-refractivity contribution in [3.05, 3.63) is 58.7 Å². The summed E-state index contributed by atoms with van der Waals surface area (Å²) in [6, 6.07) is 10.9. The van der Waals surface area contributed by atoms with Crippen molar-refractivity contribution >= 4 is 16.6 Å². The number of benzene rings is 2. The molecule has 1 heteroatoms. The molecule has 2 bridgehead atoms. The van der Waals surface area contributed by atoms with E-state index >= 15 is 0 Å². The molecule has 1 fully saturated rings. The largest absolute Gasteiger partial charge is 0.294 e. The fourth-order valence-electron chi connectivity index (χ4n) is 5.15. The predicted octanol–water partition coefficient (Wildman–Crippen LogP) is 5.00. The zero-order valence-electron chi connectivity index (χ0n) is 13.0. The van der Waals surface area contributed by atoms with Crippen LogP contribution in [0, 0.1) is 18.3 Å². The second kappa shape index (κ2) is 4.10. The van der Waals surface area contributed by atoms with E-state index in [4.69, 9.17) is 0 Å². The SMILES string of the molecule is Cc1cccc2cc3c(cc12)C(=O)C1(CC3)CC2=CCC1C2. The molecule has 0 N–H and O–H groups in total. The lowest BCUT2D eigenvalue weighted by Crippen LogP contribution is -2.39. The summed E-state index contributed by atoms with van der Waals surface area (Å²) in [5.41, 5.74) is 5.03. The van der Waals surface area contributed by atoms with E-state index in [0.29, 0.717) is 11.7 Å². The normalized spacial score (nSPS) is 29.2. The van der Waals surface area contributed by atoms with E-state index in [-0.39, 0.29) is 5.41 Å². The third-order valence-electron chi connectivity index (χ3n) is 6.38. The van der Waals surface area contributed by atoms with Gasteiger partial charge >= 0.3 is 0 Å². The number of carbonyl (C=O) groups is 1. The van der Waals surface area contributed by atoms with E-state index in [1.165, 1.54) is 28.3 Å². The number of carbonyl (C=O) groups excluding carboxylic acids is 1. The first-order valence-corrected chi connectivity index (χ1v) is 8.42. The van der Waals surface area contributed by atoms with Gasteiger partial charge in [-0.15, -0.1) is 0 Å². The lowest BCUT2D eigenvalue weighted by Gasteiger charge is -2.39. The Morgan fingerprint density at radius 1 is 1.23 bits per heavy atom. The van der Waals surface area contributed by atoms with Crippen LogP contribution in [-0.2, 0) is 6.42 Å². The van der Waals surface area contributed by atoms with Gasteiger partial charge < -0.3 is 0 Å². The quantitative estimate of drug-likeness (QED) is 0.623. The van der Waals surface area contributed by atoms with E-state index in [9.17, 15) is 4.79 Å². The van der Waals surface area contributed by atoms with E-state index in [2.05, 4.69) is 43.3 Å². The maximum absolute atomic E-state index is 13.4. The summed E-state index contributed by atoms with van der Waals surface area (Å²) in [7, 11) is 0. The Balaban J connectivity index is 1.70. The third kappa shape index (κ3) is 1.47. The zero-order valence-corrected chi connectivity index (χ0v) is 13.0. The van der Waals surface area contributed by atoms with Crippen LogP contribution in [0.3, 0.4) is 0 Å². The minimum absolute atomic E-state index is 0.0621. The number of hydrogen-bond acceptors (Lipinski definition) is 1. The van der Waals surface area contributed by atoms with Crippen LogP contribution in [-0.4, -0.2) is 5.78 Å². The zero-order chi connectivity index (χ0) is 14.9. The van der Waals surface area contributed by atoms with Crippen molar-refractivity contribution in [3.8, 4) is 0 Å². The smallest absolute Gasteiger partial charge is 0.169 e. The fraction of sp³-hybridized carbons (Fsp3) is 0.381. The molecule has 1 saturated carbocycles. The summed E-state index contributed by atoms with van der Waals surface area (Å²) in [6.45, 7) is 2.14. The summed E-state index contributed by atoms with van der Waals surface area (Å²) in [6.07, 6.45) is 7.83. The topological polar surface area (TPSA) is 17.1 Å². The molecule has 5 rings (SSSR count). The highest BCUT2D eigenvalue weighted by atomic mass is 16.1. The Hall–Kier alpha value is -1.89. The fourth-order valence-corrected chi connectivity index (χ4v) is 5.15. The molecule has 2 aromatic rings. The maximum Gasteiger partial charge on any atom is 0.169 e. The van der Waals surface area contributed by atoms with Gasteiger partial charge in [0.2, 0.25) is 0 Å². The molecule has 22 heavy (non-hydrogen) atoms. The Bertz CT molecular complexity index is 858. The number of allylic oxidation sites excluding steroid dienone is 2. The Labute approximate surface area is 131 Å². The van der Waals surface area contributed by atoms with E-state index in [0.717, 1.165) is 31.2 Å². The number of rotatable bonds is 0. The summed E-state index contributed by atoms with van der Waals surface area (Å²) in [5, 5.41) is 2.52. The van der Waals surface area contributed by atoms with Gasteiger partial charge in [0.05, 0.1) is 0 Å². The molecule has 110 valence electrons. The molecule has 2 unspecified atom stereocenters. The lowest BCUT2D eigenvalue weighted by atomic mass is 9.63. The minimum Gasteiger partial charge on any atom is -0.294 e. The molecule has 0 amide bonds. The first-order valence-electron chi connectivity index (χ1n) is 8.42. The molecule has 2 aromatic carbocycles. The number of aryl methyl sites for hydroxylation is 2. The first-order chi connectivity index (χ1) is 10.7. The van der Waals surface area contributed by atoms with Crippen LogP contribution in [0.1, 0.15) is 47.2 Å². The van der Waals surface area contributed by atoms with Crippen LogP contribution >= 0.6 is 0 Å². The Kier molecular flexibility index (Phi) is 2.35. The molecule has 0 aliphatic heterocycles. The average molecular weight is 288 g/mol. The highest BCUT2D eigenvalue weighted by Crippen LogP contribution is 2.58. The molecule has 0 saturated heterocycles. The number of fused-ring (bicyclic) bond motifs is 5. The van der Waals surface area contributed by atoms with Gasteiger partial charge in [-0.2, -0.15) is 0 Å². The van der Waals surface area contributed by atoms with Gasteiger partial charge in [0.15, 0.2) is 5.78 Å². The molecule has 0 aromatic heterocycles. The lowest BCUT2D eigenvalue weighted by molar-refractivity contribution is 0.0671. The molecule has 1 nitrogen and oxygen atoms in total. The molecular weight excluding hydrogens is 268 g/mol. The van der Waals surface area contributed by atoms with Crippen molar-refractivity contribution < 1.29 is 4.79 Å². The van der Waals surface area contributed by atoms with Gasteiger partial charge in [-0.3, -0.25) is 4.79 Å². The van der Waals surface area contributed by atoms with Crippen LogP contribution < -0.4 is 0 Å². The van der Waals surface area contributed by atoms with Crippen molar-refractivity contribution in [1.29, 1.82) is 0 Å². The van der Waals surface area contributed by atoms with Gasteiger partial charge in [0.1, 0.15) is 0 Å². The van der Waals surface area contributed by atoms with Gasteiger partial charge in [-0.1, -0.05) is 35.9 Å². The molecule has 3 aliphatic rings. The van der Waals surface area contributed by atoms with Crippen molar-refractivity contribution in [2.75, 3.05) is 0 Å². The summed E-state index contributed by atoms with van der Waals surface area (Å²) in [5.74, 6) is 1.02. The van der Waals surface area contributed by atoms with Crippen molar-refractivity contribution in [2.24, 2.45) is 11.3 Å². The number of Topliss-reactive ketones (excluding diaryl/α,β-unsaturated/α-hetero) is 1. The van der Waals surface area contributed by atoms with E-state index in [1.807, 2.05) is 0 Å². The van der Waals surface area contributed by atoms with Crippen molar-refractivity contribution in [2.45, 2.75) is 39.0 Å².